The number of rotatable bonds is 4. The third-order valence-electron chi connectivity index (χ3n) is 2.38. The van der Waals surface area contributed by atoms with Gasteiger partial charge in [0.25, 0.3) is 0 Å². The second kappa shape index (κ2) is 4.97. The Kier molecular flexibility index (Phi) is 3.18. The molecule has 0 saturated heterocycles. The van der Waals surface area contributed by atoms with Gasteiger partial charge >= 0.3 is 0 Å². The highest BCUT2D eigenvalue weighted by Gasteiger charge is 2.11. The molecule has 3 aromatic heterocycles. The standard InChI is InChI=1S/C11H11N5S2/c12-4-3-9-13-7(6-18-9)10-14-11(16-15-10)8-2-1-5-17-8/h1-2,5-6H,3-4,12H2,(H,14,15,16). The van der Waals surface area contributed by atoms with E-state index >= 15 is 0 Å². The largest absolute Gasteiger partial charge is 0.330 e. The number of thiazole rings is 1. The summed E-state index contributed by atoms with van der Waals surface area (Å²) in [6, 6.07) is 4.00. The Labute approximate surface area is 112 Å². The molecular formula is C11H11N5S2. The average molecular weight is 277 g/mol. The second-order valence-corrected chi connectivity index (χ2v) is 5.54. The van der Waals surface area contributed by atoms with Gasteiger partial charge in [-0.3, -0.25) is 5.10 Å². The fraction of sp³-hybridized carbons (Fsp3) is 0.182. The van der Waals surface area contributed by atoms with Gasteiger partial charge in [0.2, 0.25) is 5.82 Å². The van der Waals surface area contributed by atoms with Crippen molar-refractivity contribution in [2.75, 3.05) is 6.54 Å². The van der Waals surface area contributed by atoms with Crippen molar-refractivity contribution in [3.05, 3.63) is 27.9 Å². The van der Waals surface area contributed by atoms with E-state index in [0.717, 1.165) is 27.8 Å². The van der Waals surface area contributed by atoms with Crippen molar-refractivity contribution in [1.29, 1.82) is 0 Å². The monoisotopic (exact) mass is 277 g/mol. The van der Waals surface area contributed by atoms with Crippen molar-refractivity contribution < 1.29 is 0 Å². The molecule has 3 heterocycles. The van der Waals surface area contributed by atoms with Gasteiger partial charge < -0.3 is 5.73 Å². The lowest BCUT2D eigenvalue weighted by Gasteiger charge is -1.88. The molecule has 0 unspecified atom stereocenters. The number of H-pyrrole nitrogens is 1. The number of aromatic amines is 1. The highest BCUT2D eigenvalue weighted by molar-refractivity contribution is 7.13. The Hall–Kier alpha value is -1.57. The lowest BCUT2D eigenvalue weighted by Crippen LogP contribution is -2.02. The zero-order valence-electron chi connectivity index (χ0n) is 9.46. The second-order valence-electron chi connectivity index (χ2n) is 3.65. The van der Waals surface area contributed by atoms with Gasteiger partial charge in [-0.15, -0.1) is 22.7 Å². The maximum absolute atomic E-state index is 5.51. The summed E-state index contributed by atoms with van der Waals surface area (Å²) in [6.45, 7) is 0.612. The van der Waals surface area contributed by atoms with E-state index in [4.69, 9.17) is 5.73 Å². The summed E-state index contributed by atoms with van der Waals surface area (Å²) in [6.07, 6.45) is 0.798. The zero-order valence-corrected chi connectivity index (χ0v) is 11.1. The molecule has 0 aliphatic rings. The Morgan fingerprint density at radius 3 is 3.00 bits per heavy atom. The van der Waals surface area contributed by atoms with Gasteiger partial charge in [0.05, 0.1) is 9.88 Å². The van der Waals surface area contributed by atoms with Crippen molar-refractivity contribution >= 4 is 22.7 Å². The number of nitrogens with one attached hydrogen (secondary N) is 1. The Morgan fingerprint density at radius 2 is 2.22 bits per heavy atom. The van der Waals surface area contributed by atoms with Crippen LogP contribution in [0.4, 0.5) is 0 Å². The van der Waals surface area contributed by atoms with Crippen LogP contribution in [0, 0.1) is 0 Å². The normalized spacial score (nSPS) is 10.9. The molecule has 0 aromatic carbocycles. The number of thiophene rings is 1. The van der Waals surface area contributed by atoms with Crippen molar-refractivity contribution in [2.24, 2.45) is 5.73 Å². The van der Waals surface area contributed by atoms with E-state index in [0.29, 0.717) is 12.4 Å². The summed E-state index contributed by atoms with van der Waals surface area (Å²) >= 11 is 3.22. The Bertz CT molecular complexity index is 625. The Morgan fingerprint density at radius 1 is 1.28 bits per heavy atom. The minimum absolute atomic E-state index is 0.612. The van der Waals surface area contributed by atoms with Gasteiger partial charge in [-0.05, 0) is 18.0 Å². The van der Waals surface area contributed by atoms with Gasteiger partial charge in [-0.25, -0.2) is 9.97 Å². The molecule has 0 fully saturated rings. The summed E-state index contributed by atoms with van der Waals surface area (Å²) in [5.41, 5.74) is 6.32. The highest BCUT2D eigenvalue weighted by atomic mass is 32.1. The maximum Gasteiger partial charge on any atom is 0.200 e. The van der Waals surface area contributed by atoms with E-state index < -0.39 is 0 Å². The van der Waals surface area contributed by atoms with Gasteiger partial charge in [-0.1, -0.05) is 6.07 Å². The van der Waals surface area contributed by atoms with Crippen LogP contribution >= 0.6 is 22.7 Å². The number of hydrogen-bond donors (Lipinski definition) is 2. The summed E-state index contributed by atoms with van der Waals surface area (Å²) in [7, 11) is 0. The predicted molar refractivity (Wildman–Crippen MR) is 73.6 cm³/mol. The fourth-order valence-electron chi connectivity index (χ4n) is 1.55. The van der Waals surface area contributed by atoms with Crippen LogP contribution in [0.25, 0.3) is 22.2 Å². The molecule has 7 heteroatoms. The molecular weight excluding hydrogens is 266 g/mol. The molecule has 3 N–H and O–H groups in total. The molecule has 92 valence electrons. The molecule has 0 saturated carbocycles. The minimum atomic E-state index is 0.612. The molecule has 0 spiro atoms. The number of nitrogens with zero attached hydrogens (tertiary/aromatic N) is 3. The molecule has 0 aliphatic carbocycles. The first-order chi connectivity index (χ1) is 8.86. The smallest absolute Gasteiger partial charge is 0.200 e. The number of hydrogen-bond acceptors (Lipinski definition) is 6. The van der Waals surface area contributed by atoms with Crippen molar-refractivity contribution in [3.63, 3.8) is 0 Å². The first-order valence-corrected chi connectivity index (χ1v) is 7.24. The average Bonchev–Trinajstić information content (AvgIpc) is 3.10. The van der Waals surface area contributed by atoms with Crippen LogP contribution < -0.4 is 5.73 Å². The van der Waals surface area contributed by atoms with Gasteiger partial charge in [0, 0.05) is 11.8 Å². The van der Waals surface area contributed by atoms with Gasteiger partial charge in [-0.2, -0.15) is 5.10 Å². The summed E-state index contributed by atoms with van der Waals surface area (Å²) in [5, 5.41) is 12.1. The van der Waals surface area contributed by atoms with Gasteiger partial charge in [0.15, 0.2) is 5.82 Å². The number of aromatic nitrogens is 4. The topological polar surface area (TPSA) is 80.5 Å². The zero-order chi connectivity index (χ0) is 12.4. The lowest BCUT2D eigenvalue weighted by molar-refractivity contribution is 0.952. The van der Waals surface area contributed by atoms with E-state index in [2.05, 4.69) is 20.2 Å². The van der Waals surface area contributed by atoms with E-state index in [-0.39, 0.29) is 0 Å². The van der Waals surface area contributed by atoms with Crippen LogP contribution in [0.1, 0.15) is 5.01 Å². The van der Waals surface area contributed by atoms with Crippen LogP contribution in [0.15, 0.2) is 22.9 Å². The fourth-order valence-corrected chi connectivity index (χ4v) is 3.01. The first-order valence-electron chi connectivity index (χ1n) is 5.48. The summed E-state index contributed by atoms with van der Waals surface area (Å²) in [5.74, 6) is 1.42. The van der Waals surface area contributed by atoms with Crippen LogP contribution in [-0.2, 0) is 6.42 Å². The quantitative estimate of drug-likeness (QED) is 0.765. The molecule has 3 rings (SSSR count). The molecule has 0 bridgehead atoms. The molecule has 0 radical (unpaired) electrons. The predicted octanol–water partition coefficient (Wildman–Crippen LogP) is 2.16. The molecule has 0 aliphatic heterocycles. The first kappa shape index (κ1) is 11.5. The Balaban J connectivity index is 1.88. The molecule has 3 aromatic rings. The SMILES string of the molecule is NCCc1nc(-c2n[nH]c(-c3cccs3)n2)cs1. The minimum Gasteiger partial charge on any atom is -0.330 e. The molecule has 0 atom stereocenters. The van der Waals surface area contributed by atoms with Crippen LogP contribution in [0.3, 0.4) is 0 Å². The van der Waals surface area contributed by atoms with Crippen molar-refractivity contribution in [1.82, 2.24) is 20.2 Å². The molecule has 18 heavy (non-hydrogen) atoms. The third kappa shape index (κ3) is 2.20. The van der Waals surface area contributed by atoms with Crippen LogP contribution in [-0.4, -0.2) is 26.7 Å². The third-order valence-corrected chi connectivity index (χ3v) is 4.16. The van der Waals surface area contributed by atoms with Gasteiger partial charge in [0.1, 0.15) is 5.69 Å². The van der Waals surface area contributed by atoms with E-state index in [1.54, 1.807) is 22.7 Å². The van der Waals surface area contributed by atoms with E-state index in [9.17, 15) is 0 Å². The molecule has 0 amide bonds. The van der Waals surface area contributed by atoms with E-state index in [1.807, 2.05) is 22.9 Å². The summed E-state index contributed by atoms with van der Waals surface area (Å²) in [4.78, 5) is 9.99. The summed E-state index contributed by atoms with van der Waals surface area (Å²) < 4.78 is 0. The maximum atomic E-state index is 5.51. The van der Waals surface area contributed by atoms with Crippen LogP contribution in [0.2, 0.25) is 0 Å². The molecule has 5 nitrogen and oxygen atoms in total. The lowest BCUT2D eigenvalue weighted by atomic mass is 10.4. The highest BCUT2D eigenvalue weighted by Crippen LogP contribution is 2.24. The van der Waals surface area contributed by atoms with Crippen LogP contribution in [0.5, 0.6) is 0 Å². The van der Waals surface area contributed by atoms with Crippen molar-refractivity contribution in [3.8, 4) is 22.2 Å². The van der Waals surface area contributed by atoms with E-state index in [1.165, 1.54) is 0 Å². The number of nitrogens with two attached hydrogens (primary N) is 1. The van der Waals surface area contributed by atoms with Crippen molar-refractivity contribution in [2.45, 2.75) is 6.42 Å².